The first-order valence-electron chi connectivity index (χ1n) is 5.03. The Morgan fingerprint density at radius 2 is 2.00 bits per heavy atom. The van der Waals surface area contributed by atoms with Crippen molar-refractivity contribution >= 4 is 5.65 Å². The minimum Gasteiger partial charge on any atom is -0.389 e. The van der Waals surface area contributed by atoms with Crippen LogP contribution in [0.5, 0.6) is 0 Å². The summed E-state index contributed by atoms with van der Waals surface area (Å²) < 4.78 is 39.2. The summed E-state index contributed by atoms with van der Waals surface area (Å²) in [6, 6.07) is 0.937. The maximum absolute atomic E-state index is 12.7. The minimum atomic E-state index is -4.43. The summed E-state index contributed by atoms with van der Waals surface area (Å²) in [5.74, 6) is 0. The molecule has 1 atom stereocenters. The van der Waals surface area contributed by atoms with Gasteiger partial charge in [-0.25, -0.2) is 4.98 Å². The first-order chi connectivity index (χ1) is 7.79. The summed E-state index contributed by atoms with van der Waals surface area (Å²) in [5.41, 5.74) is 0.336. The average Bonchev–Trinajstić information content (AvgIpc) is 2.54. The number of fused-ring (bicyclic) bond motifs is 1. The second kappa shape index (κ2) is 3.73. The van der Waals surface area contributed by atoms with Crippen LogP contribution in [0, 0.1) is 6.92 Å². The molecule has 0 saturated heterocycles. The monoisotopic (exact) mass is 244 g/mol. The van der Waals surface area contributed by atoms with Crippen molar-refractivity contribution in [3.05, 3.63) is 35.3 Å². The van der Waals surface area contributed by atoms with Crippen molar-refractivity contribution in [3.8, 4) is 0 Å². The van der Waals surface area contributed by atoms with E-state index < -0.39 is 17.8 Å². The smallest absolute Gasteiger partial charge is 0.389 e. The molecule has 0 aromatic carbocycles. The number of aromatic nitrogens is 2. The van der Waals surface area contributed by atoms with Gasteiger partial charge in [0.15, 0.2) is 0 Å². The van der Waals surface area contributed by atoms with Crippen molar-refractivity contribution in [2.24, 2.45) is 0 Å². The third kappa shape index (κ3) is 2.12. The summed E-state index contributed by atoms with van der Waals surface area (Å²) in [6.07, 6.45) is -2.96. The molecule has 1 unspecified atom stereocenters. The molecule has 0 saturated carbocycles. The second-order valence-corrected chi connectivity index (χ2v) is 3.97. The number of aliphatic hydroxyl groups is 1. The summed E-state index contributed by atoms with van der Waals surface area (Å²) in [4.78, 5) is 4.09. The highest BCUT2D eigenvalue weighted by Gasteiger charge is 2.32. The molecule has 17 heavy (non-hydrogen) atoms. The first kappa shape index (κ1) is 11.9. The lowest BCUT2D eigenvalue weighted by molar-refractivity contribution is -0.138. The van der Waals surface area contributed by atoms with Gasteiger partial charge in [0.1, 0.15) is 5.65 Å². The van der Waals surface area contributed by atoms with Crippen LogP contribution in [0.4, 0.5) is 13.2 Å². The van der Waals surface area contributed by atoms with E-state index >= 15 is 0 Å². The number of nitrogens with zero attached hydrogens (tertiary/aromatic N) is 2. The number of hydrogen-bond acceptors (Lipinski definition) is 2. The van der Waals surface area contributed by atoms with E-state index in [2.05, 4.69) is 4.98 Å². The normalized spacial score (nSPS) is 14.2. The van der Waals surface area contributed by atoms with E-state index in [1.807, 2.05) is 0 Å². The Hall–Kier alpha value is -1.56. The van der Waals surface area contributed by atoms with Crippen molar-refractivity contribution in [1.29, 1.82) is 0 Å². The Bertz CT molecular complexity index is 558. The van der Waals surface area contributed by atoms with Crippen LogP contribution in [0.2, 0.25) is 0 Å². The molecule has 3 nitrogen and oxygen atoms in total. The summed E-state index contributed by atoms with van der Waals surface area (Å²) >= 11 is 0. The Morgan fingerprint density at radius 3 is 2.53 bits per heavy atom. The molecule has 2 aromatic rings. The number of rotatable bonds is 1. The molecule has 0 aliphatic rings. The SMILES string of the molecule is Cc1cn2cc(C(F)(F)F)cc(C(C)O)c2n1. The van der Waals surface area contributed by atoms with Crippen LogP contribution in [0.15, 0.2) is 18.5 Å². The zero-order chi connectivity index (χ0) is 12.8. The van der Waals surface area contributed by atoms with Gasteiger partial charge < -0.3 is 9.51 Å². The van der Waals surface area contributed by atoms with Crippen LogP contribution in [-0.2, 0) is 6.18 Å². The molecule has 0 bridgehead atoms. The average molecular weight is 244 g/mol. The van der Waals surface area contributed by atoms with E-state index in [0.29, 0.717) is 11.3 Å². The molecule has 2 aromatic heterocycles. The quantitative estimate of drug-likeness (QED) is 0.837. The molecule has 0 aliphatic heterocycles. The lowest BCUT2D eigenvalue weighted by Gasteiger charge is -2.12. The van der Waals surface area contributed by atoms with Crippen LogP contribution in [0.1, 0.15) is 29.8 Å². The molecule has 6 heteroatoms. The fraction of sp³-hybridized carbons (Fsp3) is 0.364. The van der Waals surface area contributed by atoms with Crippen LogP contribution < -0.4 is 0 Å². The molecular formula is C11H11F3N2O. The maximum atomic E-state index is 12.7. The highest BCUT2D eigenvalue weighted by atomic mass is 19.4. The zero-order valence-electron chi connectivity index (χ0n) is 9.28. The van der Waals surface area contributed by atoms with Gasteiger partial charge >= 0.3 is 6.18 Å². The molecule has 0 amide bonds. The van der Waals surface area contributed by atoms with Crippen molar-refractivity contribution in [2.75, 3.05) is 0 Å². The Kier molecular flexibility index (Phi) is 2.61. The lowest BCUT2D eigenvalue weighted by Crippen LogP contribution is -2.09. The van der Waals surface area contributed by atoms with Gasteiger partial charge in [-0.15, -0.1) is 0 Å². The first-order valence-corrected chi connectivity index (χ1v) is 5.03. The molecule has 2 rings (SSSR count). The van der Waals surface area contributed by atoms with E-state index in [0.717, 1.165) is 12.3 Å². The van der Waals surface area contributed by atoms with Gasteiger partial charge in [0.25, 0.3) is 0 Å². The molecule has 0 aliphatic carbocycles. The Balaban J connectivity index is 2.75. The van der Waals surface area contributed by atoms with Crippen molar-refractivity contribution < 1.29 is 18.3 Å². The fourth-order valence-electron chi connectivity index (χ4n) is 1.71. The van der Waals surface area contributed by atoms with E-state index in [1.165, 1.54) is 17.5 Å². The van der Waals surface area contributed by atoms with E-state index in [4.69, 9.17) is 0 Å². The van der Waals surface area contributed by atoms with Crippen molar-refractivity contribution in [3.63, 3.8) is 0 Å². The third-order valence-corrected chi connectivity index (χ3v) is 2.48. The number of pyridine rings is 1. The molecule has 0 spiro atoms. The van der Waals surface area contributed by atoms with Crippen molar-refractivity contribution in [1.82, 2.24) is 9.38 Å². The van der Waals surface area contributed by atoms with Gasteiger partial charge in [-0.05, 0) is 19.9 Å². The zero-order valence-corrected chi connectivity index (χ0v) is 9.28. The van der Waals surface area contributed by atoms with Crippen LogP contribution >= 0.6 is 0 Å². The minimum absolute atomic E-state index is 0.174. The molecule has 0 radical (unpaired) electrons. The predicted molar refractivity (Wildman–Crippen MR) is 55.6 cm³/mol. The standard InChI is InChI=1S/C11H11F3N2O/c1-6-4-16-5-8(11(12,13)14)3-9(7(2)17)10(16)15-6/h3-5,7,17H,1-2H3. The molecule has 92 valence electrons. The van der Waals surface area contributed by atoms with Crippen LogP contribution in [-0.4, -0.2) is 14.5 Å². The fourth-order valence-corrected chi connectivity index (χ4v) is 1.71. The predicted octanol–water partition coefficient (Wildman–Crippen LogP) is 2.71. The van der Waals surface area contributed by atoms with Crippen LogP contribution in [0.3, 0.4) is 0 Å². The lowest BCUT2D eigenvalue weighted by atomic mass is 10.1. The van der Waals surface area contributed by atoms with Crippen LogP contribution in [0.25, 0.3) is 5.65 Å². The molecule has 1 N–H and O–H groups in total. The molecule has 0 fully saturated rings. The number of hydrogen-bond donors (Lipinski definition) is 1. The highest BCUT2D eigenvalue weighted by Crippen LogP contribution is 2.32. The maximum Gasteiger partial charge on any atom is 0.417 e. The summed E-state index contributed by atoms with van der Waals surface area (Å²) in [7, 11) is 0. The summed E-state index contributed by atoms with van der Waals surface area (Å²) in [6.45, 7) is 3.10. The van der Waals surface area contributed by atoms with E-state index in [9.17, 15) is 18.3 Å². The van der Waals surface area contributed by atoms with Gasteiger partial charge in [-0.2, -0.15) is 13.2 Å². The Labute approximate surface area is 95.5 Å². The van der Waals surface area contributed by atoms with Crippen molar-refractivity contribution in [2.45, 2.75) is 26.1 Å². The number of alkyl halides is 3. The van der Waals surface area contributed by atoms with Gasteiger partial charge in [-0.3, -0.25) is 0 Å². The Morgan fingerprint density at radius 1 is 1.35 bits per heavy atom. The summed E-state index contributed by atoms with van der Waals surface area (Å²) in [5, 5.41) is 9.50. The van der Waals surface area contributed by atoms with Gasteiger partial charge in [0, 0.05) is 18.0 Å². The topological polar surface area (TPSA) is 37.5 Å². The number of imidazole rings is 1. The largest absolute Gasteiger partial charge is 0.417 e. The third-order valence-electron chi connectivity index (χ3n) is 2.48. The van der Waals surface area contributed by atoms with E-state index in [-0.39, 0.29) is 5.56 Å². The number of aryl methyl sites for hydroxylation is 1. The highest BCUT2D eigenvalue weighted by molar-refractivity contribution is 5.51. The number of aliphatic hydroxyl groups excluding tert-OH is 1. The second-order valence-electron chi connectivity index (χ2n) is 3.97. The number of halogens is 3. The van der Waals surface area contributed by atoms with Gasteiger partial charge in [-0.1, -0.05) is 0 Å². The molecule has 2 heterocycles. The van der Waals surface area contributed by atoms with Gasteiger partial charge in [0.2, 0.25) is 0 Å². The van der Waals surface area contributed by atoms with Gasteiger partial charge in [0.05, 0.1) is 17.4 Å². The van der Waals surface area contributed by atoms with E-state index in [1.54, 1.807) is 6.92 Å². The molecular weight excluding hydrogens is 233 g/mol.